The fourth-order valence-corrected chi connectivity index (χ4v) is 3.99. The summed E-state index contributed by atoms with van der Waals surface area (Å²) >= 11 is 1.24. The molecule has 4 aromatic rings. The molecule has 0 aliphatic heterocycles. The monoisotopic (exact) mass is 432 g/mol. The van der Waals surface area contributed by atoms with Crippen LogP contribution in [0, 0.1) is 0 Å². The van der Waals surface area contributed by atoms with Gasteiger partial charge in [0.05, 0.1) is 29.6 Å². The molecule has 11 heteroatoms. The van der Waals surface area contributed by atoms with Crippen LogP contribution in [0.3, 0.4) is 0 Å². The lowest BCUT2D eigenvalue weighted by Gasteiger charge is -2.09. The van der Waals surface area contributed by atoms with Crippen molar-refractivity contribution in [3.8, 4) is 0 Å². The fraction of sp³-hybridized carbons (Fsp3) is 0.263. The van der Waals surface area contributed by atoms with Crippen LogP contribution >= 0.6 is 11.8 Å². The summed E-state index contributed by atoms with van der Waals surface area (Å²) in [6.07, 6.45) is 2.00. The Kier molecular flexibility index (Phi) is 5.79. The third-order valence-corrected chi connectivity index (χ3v) is 5.44. The molecule has 0 saturated carbocycles. The molecule has 4 rings (SSSR count). The number of amides is 1. The van der Waals surface area contributed by atoms with Crippen LogP contribution in [0.15, 0.2) is 52.2 Å². The minimum absolute atomic E-state index is 0.127. The Morgan fingerprint density at radius 3 is 2.73 bits per heavy atom. The van der Waals surface area contributed by atoms with Crippen LogP contribution in [0.5, 0.6) is 0 Å². The highest BCUT2D eigenvalue weighted by Crippen LogP contribution is 2.28. The van der Waals surface area contributed by atoms with Crippen molar-refractivity contribution < 1.29 is 18.0 Å². The smallest absolute Gasteiger partial charge is 0.320 e. The number of primary amides is 1. The molecule has 0 atom stereocenters. The molecule has 0 saturated heterocycles. The number of furan rings is 1. The lowest BCUT2D eigenvalue weighted by Crippen LogP contribution is -2.14. The number of nitrogens with two attached hydrogens (primary N) is 1. The highest BCUT2D eigenvalue weighted by Gasteiger charge is 2.20. The summed E-state index contributed by atoms with van der Waals surface area (Å²) in [6.45, 7) is -2.36. The first-order valence-electron chi connectivity index (χ1n) is 9.12. The van der Waals surface area contributed by atoms with Crippen molar-refractivity contribution in [3.05, 3.63) is 60.1 Å². The number of para-hydroxylation sites is 2. The van der Waals surface area contributed by atoms with Crippen molar-refractivity contribution >= 4 is 28.7 Å². The van der Waals surface area contributed by atoms with E-state index in [4.69, 9.17) is 10.2 Å². The van der Waals surface area contributed by atoms with Gasteiger partial charge in [-0.25, -0.2) is 4.98 Å². The van der Waals surface area contributed by atoms with Crippen molar-refractivity contribution in [1.29, 1.82) is 0 Å². The second kappa shape index (κ2) is 8.66. The predicted octanol–water partition coefficient (Wildman–Crippen LogP) is 3.37. The van der Waals surface area contributed by atoms with Gasteiger partial charge in [0.15, 0.2) is 5.16 Å². The number of halogens is 2. The van der Waals surface area contributed by atoms with E-state index >= 15 is 0 Å². The molecule has 30 heavy (non-hydrogen) atoms. The molecule has 2 N–H and O–H groups in total. The number of fused-ring (bicyclic) bond motifs is 1. The second-order valence-corrected chi connectivity index (χ2v) is 7.43. The van der Waals surface area contributed by atoms with E-state index < -0.39 is 12.5 Å². The van der Waals surface area contributed by atoms with Gasteiger partial charge in [-0.1, -0.05) is 23.9 Å². The van der Waals surface area contributed by atoms with Gasteiger partial charge in [0.2, 0.25) is 5.91 Å². The molecule has 0 spiro atoms. The van der Waals surface area contributed by atoms with E-state index in [1.54, 1.807) is 41.2 Å². The number of hydrogen-bond acceptors (Lipinski definition) is 6. The minimum atomic E-state index is -2.71. The van der Waals surface area contributed by atoms with E-state index in [-0.39, 0.29) is 18.0 Å². The maximum atomic E-state index is 13.7. The molecule has 0 radical (unpaired) electrons. The van der Waals surface area contributed by atoms with Crippen molar-refractivity contribution in [1.82, 2.24) is 24.3 Å². The Morgan fingerprint density at radius 1 is 1.17 bits per heavy atom. The number of carbonyl (C=O) groups excluding carboxylic acids is 1. The summed E-state index contributed by atoms with van der Waals surface area (Å²) in [6, 6.07) is 10.3. The zero-order valence-corrected chi connectivity index (χ0v) is 16.6. The Bertz CT molecular complexity index is 1160. The Hall–Kier alpha value is -3.21. The predicted molar refractivity (Wildman–Crippen MR) is 106 cm³/mol. The van der Waals surface area contributed by atoms with Crippen LogP contribution in [0.2, 0.25) is 0 Å². The molecule has 0 aliphatic rings. The molecule has 1 amide bonds. The summed E-state index contributed by atoms with van der Waals surface area (Å²) in [5, 5.41) is 8.84. The number of aromatic nitrogens is 5. The summed E-state index contributed by atoms with van der Waals surface area (Å²) in [7, 11) is 0. The summed E-state index contributed by atoms with van der Waals surface area (Å²) in [5.74, 6) is 1.21. The van der Waals surface area contributed by atoms with E-state index in [1.807, 2.05) is 6.07 Å². The van der Waals surface area contributed by atoms with Crippen LogP contribution in [0.25, 0.3) is 11.0 Å². The number of alkyl halides is 2. The van der Waals surface area contributed by atoms with Crippen LogP contribution < -0.4 is 5.73 Å². The first-order chi connectivity index (χ1) is 14.5. The Balaban J connectivity index is 1.61. The molecule has 156 valence electrons. The molecule has 0 aliphatic carbocycles. The highest BCUT2D eigenvalue weighted by molar-refractivity contribution is 7.98. The van der Waals surface area contributed by atoms with Gasteiger partial charge in [-0.05, 0) is 24.3 Å². The van der Waals surface area contributed by atoms with Crippen molar-refractivity contribution in [3.63, 3.8) is 0 Å². The topological polar surface area (TPSA) is 105 Å². The van der Waals surface area contributed by atoms with Crippen LogP contribution in [-0.4, -0.2) is 30.2 Å². The molecule has 0 unspecified atom stereocenters. The highest BCUT2D eigenvalue weighted by atomic mass is 32.2. The SMILES string of the molecule is NC(=O)CCc1nnc(SCc2nc3ccccc3n2C(F)F)n1Cc1ccco1. The quantitative estimate of drug-likeness (QED) is 0.407. The van der Waals surface area contributed by atoms with Crippen LogP contribution in [-0.2, 0) is 23.5 Å². The molecule has 3 heterocycles. The van der Waals surface area contributed by atoms with Crippen molar-refractivity contribution in [2.45, 2.75) is 36.8 Å². The maximum Gasteiger partial charge on any atom is 0.320 e. The van der Waals surface area contributed by atoms with Gasteiger partial charge in [-0.2, -0.15) is 8.78 Å². The Morgan fingerprint density at radius 2 is 2.00 bits per heavy atom. The molecule has 0 fully saturated rings. The van der Waals surface area contributed by atoms with E-state index in [2.05, 4.69) is 15.2 Å². The summed E-state index contributed by atoms with van der Waals surface area (Å²) in [5.41, 5.74) is 6.13. The van der Waals surface area contributed by atoms with Gasteiger partial charge in [0.1, 0.15) is 17.4 Å². The van der Waals surface area contributed by atoms with E-state index in [9.17, 15) is 13.6 Å². The van der Waals surface area contributed by atoms with E-state index in [0.29, 0.717) is 40.7 Å². The average Bonchev–Trinajstić information content (AvgIpc) is 3.43. The number of carbonyl (C=O) groups is 1. The molecule has 3 aromatic heterocycles. The Labute approximate surface area is 174 Å². The third kappa shape index (κ3) is 4.20. The second-order valence-electron chi connectivity index (χ2n) is 6.48. The van der Waals surface area contributed by atoms with Gasteiger partial charge < -0.3 is 10.2 Å². The van der Waals surface area contributed by atoms with Gasteiger partial charge in [0, 0.05) is 12.8 Å². The van der Waals surface area contributed by atoms with E-state index in [0.717, 1.165) is 4.57 Å². The maximum absolute atomic E-state index is 13.7. The number of rotatable bonds is 9. The molecule has 1 aromatic carbocycles. The van der Waals surface area contributed by atoms with E-state index in [1.165, 1.54) is 11.8 Å². The van der Waals surface area contributed by atoms with Gasteiger partial charge in [-0.3, -0.25) is 13.9 Å². The third-order valence-electron chi connectivity index (χ3n) is 4.48. The largest absolute Gasteiger partial charge is 0.467 e. The molecule has 0 bridgehead atoms. The number of hydrogen-bond donors (Lipinski definition) is 1. The zero-order valence-electron chi connectivity index (χ0n) is 15.7. The first-order valence-corrected chi connectivity index (χ1v) is 10.1. The number of nitrogens with zero attached hydrogens (tertiary/aromatic N) is 5. The fourth-order valence-electron chi connectivity index (χ4n) is 3.11. The lowest BCUT2D eigenvalue weighted by molar-refractivity contribution is -0.118. The molecular formula is C19H18F2N6O2S. The number of imidazole rings is 1. The zero-order chi connectivity index (χ0) is 21.1. The van der Waals surface area contributed by atoms with Crippen molar-refractivity contribution in [2.24, 2.45) is 5.73 Å². The van der Waals surface area contributed by atoms with Gasteiger partial charge >= 0.3 is 6.55 Å². The van der Waals surface area contributed by atoms with Crippen molar-refractivity contribution in [2.75, 3.05) is 0 Å². The number of thioether (sulfide) groups is 1. The number of benzene rings is 1. The lowest BCUT2D eigenvalue weighted by atomic mass is 10.3. The normalized spacial score (nSPS) is 11.6. The standard InChI is InChI=1S/C19H18F2N6O2S/c20-18(21)27-14-6-2-1-5-13(14)23-17(27)11-30-19-25-24-16(8-7-15(22)28)26(19)10-12-4-3-9-29-12/h1-6,9,18H,7-8,10-11H2,(H2,22,28). The summed E-state index contributed by atoms with van der Waals surface area (Å²) < 4.78 is 35.4. The van der Waals surface area contributed by atoms with Crippen LogP contribution in [0.4, 0.5) is 8.78 Å². The van der Waals surface area contributed by atoms with Gasteiger partial charge in [-0.15, -0.1) is 10.2 Å². The minimum Gasteiger partial charge on any atom is -0.467 e. The molecular weight excluding hydrogens is 414 g/mol. The summed E-state index contributed by atoms with van der Waals surface area (Å²) in [4.78, 5) is 15.5. The van der Waals surface area contributed by atoms with Gasteiger partial charge in [0.25, 0.3) is 0 Å². The number of aryl methyl sites for hydroxylation is 1. The molecule has 8 nitrogen and oxygen atoms in total. The van der Waals surface area contributed by atoms with Crippen LogP contribution in [0.1, 0.15) is 30.4 Å². The first kappa shape index (κ1) is 20.1. The average molecular weight is 432 g/mol.